The van der Waals surface area contributed by atoms with Crippen molar-refractivity contribution in [1.82, 2.24) is 4.90 Å². The number of nitrogens with two attached hydrogens (primary N) is 1. The number of rotatable bonds is 5. The smallest absolute Gasteiger partial charge is 0.248 e. The van der Waals surface area contributed by atoms with Crippen molar-refractivity contribution in [2.75, 3.05) is 26.3 Å². The molecule has 4 nitrogen and oxygen atoms in total. The molecule has 4 heteroatoms. The first kappa shape index (κ1) is 12.5. The fraction of sp³-hybridized carbons (Fsp3) is 0.909. The zero-order chi connectivity index (χ0) is 11.3. The third-order valence-corrected chi connectivity index (χ3v) is 2.89. The van der Waals surface area contributed by atoms with E-state index in [2.05, 4.69) is 0 Å². The summed E-state index contributed by atoms with van der Waals surface area (Å²) in [6.45, 7) is 6.56. The third kappa shape index (κ3) is 3.80. The number of amides is 1. The van der Waals surface area contributed by atoms with E-state index in [4.69, 9.17) is 10.5 Å². The average molecular weight is 214 g/mol. The van der Waals surface area contributed by atoms with Crippen molar-refractivity contribution < 1.29 is 9.53 Å². The maximum absolute atomic E-state index is 11.6. The van der Waals surface area contributed by atoms with Crippen LogP contribution >= 0.6 is 0 Å². The second-order valence-electron chi connectivity index (χ2n) is 4.30. The Morgan fingerprint density at radius 3 is 2.93 bits per heavy atom. The summed E-state index contributed by atoms with van der Waals surface area (Å²) in [6, 6.07) is 0.180. The van der Waals surface area contributed by atoms with Gasteiger partial charge >= 0.3 is 0 Å². The first-order chi connectivity index (χ1) is 7.15. The van der Waals surface area contributed by atoms with Crippen LogP contribution in [0.3, 0.4) is 0 Å². The number of carbonyl (C=O) groups excluding carboxylic acids is 1. The van der Waals surface area contributed by atoms with Gasteiger partial charge in [-0.3, -0.25) is 4.79 Å². The van der Waals surface area contributed by atoms with Crippen LogP contribution in [0, 0.1) is 5.92 Å². The molecule has 15 heavy (non-hydrogen) atoms. The molecule has 1 amide bonds. The van der Waals surface area contributed by atoms with E-state index < -0.39 is 0 Å². The van der Waals surface area contributed by atoms with E-state index in [0.29, 0.717) is 12.5 Å². The predicted molar refractivity (Wildman–Crippen MR) is 59.4 cm³/mol. The van der Waals surface area contributed by atoms with Gasteiger partial charge in [0.05, 0.1) is 0 Å². The second kappa shape index (κ2) is 6.08. The Bertz CT molecular complexity index is 207. The van der Waals surface area contributed by atoms with Crippen molar-refractivity contribution in [3.05, 3.63) is 0 Å². The molecule has 0 aliphatic carbocycles. The van der Waals surface area contributed by atoms with Crippen LogP contribution in [0.4, 0.5) is 0 Å². The van der Waals surface area contributed by atoms with Gasteiger partial charge in [0.15, 0.2) is 0 Å². The molecule has 1 rings (SSSR count). The number of likely N-dealkylation sites (tertiary alicyclic amines) is 1. The van der Waals surface area contributed by atoms with Gasteiger partial charge in [0, 0.05) is 25.7 Å². The number of carbonyl (C=O) groups is 1. The number of nitrogens with zero attached hydrogens (tertiary/aromatic N) is 1. The van der Waals surface area contributed by atoms with Crippen LogP contribution in [0.15, 0.2) is 0 Å². The Morgan fingerprint density at radius 2 is 2.40 bits per heavy atom. The Morgan fingerprint density at radius 1 is 1.67 bits per heavy atom. The van der Waals surface area contributed by atoms with Gasteiger partial charge < -0.3 is 15.4 Å². The molecule has 2 N–H and O–H groups in total. The Kier molecular flexibility index (Phi) is 5.05. The molecule has 0 aromatic carbocycles. The highest BCUT2D eigenvalue weighted by Gasteiger charge is 2.27. The van der Waals surface area contributed by atoms with E-state index in [1.165, 1.54) is 0 Å². The molecule has 2 unspecified atom stereocenters. The SMILES string of the molecule is CCCOCC(=O)N1CCC(C(C)N)C1. The lowest BCUT2D eigenvalue weighted by Crippen LogP contribution is -2.35. The van der Waals surface area contributed by atoms with Crippen molar-refractivity contribution in [2.24, 2.45) is 11.7 Å². The molecule has 0 bridgehead atoms. The number of ether oxygens (including phenoxy) is 1. The molecule has 1 aliphatic heterocycles. The summed E-state index contributed by atoms with van der Waals surface area (Å²) in [5.74, 6) is 0.562. The lowest BCUT2D eigenvalue weighted by molar-refractivity contribution is -0.135. The minimum absolute atomic E-state index is 0.103. The molecule has 0 spiro atoms. The predicted octanol–water partition coefficient (Wildman–Crippen LogP) is 0.609. The van der Waals surface area contributed by atoms with Crippen LogP contribution in [0.5, 0.6) is 0 Å². The van der Waals surface area contributed by atoms with E-state index in [1.54, 1.807) is 0 Å². The largest absolute Gasteiger partial charge is 0.372 e. The van der Waals surface area contributed by atoms with Gasteiger partial charge in [0.2, 0.25) is 5.91 Å². The molecule has 0 saturated carbocycles. The van der Waals surface area contributed by atoms with E-state index in [1.807, 2.05) is 18.7 Å². The van der Waals surface area contributed by atoms with Crippen molar-refractivity contribution in [3.63, 3.8) is 0 Å². The maximum atomic E-state index is 11.6. The topological polar surface area (TPSA) is 55.6 Å². The summed E-state index contributed by atoms with van der Waals surface area (Å²) in [6.07, 6.45) is 1.98. The second-order valence-corrected chi connectivity index (χ2v) is 4.30. The van der Waals surface area contributed by atoms with Crippen LogP contribution in [0.1, 0.15) is 26.7 Å². The van der Waals surface area contributed by atoms with Gasteiger partial charge in [-0.05, 0) is 25.7 Å². The molecular weight excluding hydrogens is 192 g/mol. The van der Waals surface area contributed by atoms with Crippen LogP contribution in [-0.4, -0.2) is 43.2 Å². The summed E-state index contributed by atoms with van der Waals surface area (Å²) in [5.41, 5.74) is 5.81. The minimum Gasteiger partial charge on any atom is -0.372 e. The highest BCUT2D eigenvalue weighted by Crippen LogP contribution is 2.18. The molecule has 0 radical (unpaired) electrons. The van der Waals surface area contributed by atoms with Crippen LogP contribution < -0.4 is 5.73 Å². The summed E-state index contributed by atoms with van der Waals surface area (Å²) >= 11 is 0. The fourth-order valence-electron chi connectivity index (χ4n) is 1.84. The molecule has 2 atom stereocenters. The Hall–Kier alpha value is -0.610. The summed E-state index contributed by atoms with van der Waals surface area (Å²) in [4.78, 5) is 13.5. The van der Waals surface area contributed by atoms with Crippen molar-refractivity contribution in [3.8, 4) is 0 Å². The van der Waals surface area contributed by atoms with Gasteiger partial charge in [0.25, 0.3) is 0 Å². The lowest BCUT2D eigenvalue weighted by atomic mass is 10.0. The zero-order valence-corrected chi connectivity index (χ0v) is 9.74. The van der Waals surface area contributed by atoms with Crippen LogP contribution in [0.2, 0.25) is 0 Å². The molecule has 1 saturated heterocycles. The quantitative estimate of drug-likeness (QED) is 0.682. The molecule has 88 valence electrons. The first-order valence-electron chi connectivity index (χ1n) is 5.76. The van der Waals surface area contributed by atoms with Crippen LogP contribution in [0.25, 0.3) is 0 Å². The Labute approximate surface area is 91.8 Å². The van der Waals surface area contributed by atoms with Gasteiger partial charge in [-0.2, -0.15) is 0 Å². The van der Waals surface area contributed by atoms with E-state index in [0.717, 1.165) is 25.9 Å². The fourth-order valence-corrected chi connectivity index (χ4v) is 1.84. The first-order valence-corrected chi connectivity index (χ1v) is 5.76. The molecule has 1 heterocycles. The van der Waals surface area contributed by atoms with Crippen molar-refractivity contribution in [1.29, 1.82) is 0 Å². The van der Waals surface area contributed by atoms with Gasteiger partial charge in [-0.1, -0.05) is 6.92 Å². The standard InChI is InChI=1S/C11H22N2O2/c1-3-6-15-8-11(14)13-5-4-10(7-13)9(2)12/h9-10H,3-8,12H2,1-2H3. The van der Waals surface area contributed by atoms with Crippen molar-refractivity contribution in [2.45, 2.75) is 32.7 Å². The van der Waals surface area contributed by atoms with Gasteiger partial charge in [-0.15, -0.1) is 0 Å². The third-order valence-electron chi connectivity index (χ3n) is 2.89. The lowest BCUT2D eigenvalue weighted by Gasteiger charge is -2.18. The highest BCUT2D eigenvalue weighted by molar-refractivity contribution is 5.77. The summed E-state index contributed by atoms with van der Waals surface area (Å²) < 4.78 is 5.23. The molecular formula is C11H22N2O2. The minimum atomic E-state index is 0.103. The normalized spacial score (nSPS) is 23.1. The number of hydrogen-bond donors (Lipinski definition) is 1. The molecule has 0 aromatic heterocycles. The molecule has 1 aliphatic rings. The van der Waals surface area contributed by atoms with Crippen LogP contribution in [-0.2, 0) is 9.53 Å². The zero-order valence-electron chi connectivity index (χ0n) is 9.74. The maximum Gasteiger partial charge on any atom is 0.248 e. The highest BCUT2D eigenvalue weighted by atomic mass is 16.5. The van der Waals surface area contributed by atoms with Gasteiger partial charge in [-0.25, -0.2) is 0 Å². The van der Waals surface area contributed by atoms with E-state index >= 15 is 0 Å². The van der Waals surface area contributed by atoms with Gasteiger partial charge in [0.1, 0.15) is 6.61 Å². The summed E-state index contributed by atoms with van der Waals surface area (Å²) in [7, 11) is 0. The monoisotopic (exact) mass is 214 g/mol. The van der Waals surface area contributed by atoms with E-state index in [9.17, 15) is 4.79 Å². The average Bonchev–Trinajstić information content (AvgIpc) is 2.66. The van der Waals surface area contributed by atoms with E-state index in [-0.39, 0.29) is 18.6 Å². The molecule has 1 fully saturated rings. The van der Waals surface area contributed by atoms with Crippen molar-refractivity contribution >= 4 is 5.91 Å². The summed E-state index contributed by atoms with van der Waals surface area (Å²) in [5, 5.41) is 0. The Balaban J connectivity index is 2.24. The number of hydrogen-bond acceptors (Lipinski definition) is 3. The molecule has 0 aromatic rings.